The van der Waals surface area contributed by atoms with Crippen molar-refractivity contribution in [1.82, 2.24) is 4.98 Å². The van der Waals surface area contributed by atoms with E-state index in [0.29, 0.717) is 5.69 Å². The van der Waals surface area contributed by atoms with Gasteiger partial charge in [-0.25, -0.2) is 4.98 Å². The maximum atomic E-state index is 10.6. The normalized spacial score (nSPS) is 15.8. The first-order chi connectivity index (χ1) is 10.7. The molecule has 1 aliphatic rings. The second kappa shape index (κ2) is 7.03. The summed E-state index contributed by atoms with van der Waals surface area (Å²) < 4.78 is 0. The van der Waals surface area contributed by atoms with E-state index in [4.69, 9.17) is 0 Å². The molecule has 0 bridgehead atoms. The lowest BCUT2D eigenvalue weighted by Crippen LogP contribution is -3.11. The van der Waals surface area contributed by atoms with E-state index >= 15 is 0 Å². The molecule has 1 aromatic heterocycles. The van der Waals surface area contributed by atoms with Crippen LogP contribution in [-0.2, 0) is 17.8 Å². The molecule has 0 aliphatic carbocycles. The summed E-state index contributed by atoms with van der Waals surface area (Å²) in [6.45, 7) is 3.58. The Kier molecular flexibility index (Phi) is 4.85. The van der Waals surface area contributed by atoms with Crippen molar-refractivity contribution < 1.29 is 14.8 Å². The highest BCUT2D eigenvalue weighted by molar-refractivity contribution is 7.13. The van der Waals surface area contributed by atoms with Crippen molar-refractivity contribution in [2.75, 3.05) is 13.1 Å². The molecule has 0 saturated carbocycles. The number of piperidine rings is 1. The number of nitrogens with one attached hydrogen (secondary N) is 1. The highest BCUT2D eigenvalue weighted by atomic mass is 32.1. The average Bonchev–Trinajstić information content (AvgIpc) is 2.96. The quantitative estimate of drug-likeness (QED) is 0.882. The van der Waals surface area contributed by atoms with Crippen LogP contribution >= 0.6 is 11.3 Å². The van der Waals surface area contributed by atoms with Gasteiger partial charge in [0.15, 0.2) is 0 Å². The molecule has 0 spiro atoms. The van der Waals surface area contributed by atoms with E-state index in [2.05, 4.69) is 23.2 Å². The molecule has 1 fully saturated rings. The van der Waals surface area contributed by atoms with Gasteiger partial charge in [-0.1, -0.05) is 18.2 Å². The van der Waals surface area contributed by atoms with E-state index in [1.807, 2.05) is 6.07 Å². The molecule has 0 unspecified atom stereocenters. The first-order valence-electron chi connectivity index (χ1n) is 7.78. The van der Waals surface area contributed by atoms with Crippen LogP contribution < -0.4 is 10.0 Å². The lowest BCUT2D eigenvalue weighted by molar-refractivity contribution is -0.918. The van der Waals surface area contributed by atoms with E-state index < -0.39 is 5.97 Å². The Morgan fingerprint density at radius 2 is 2.09 bits per heavy atom. The number of carbonyl (C=O) groups is 1. The number of nitrogens with zero attached hydrogens (tertiary/aromatic N) is 1. The molecule has 1 aromatic carbocycles. The summed E-state index contributed by atoms with van der Waals surface area (Å²) >= 11 is 1.49. The average molecular weight is 316 g/mol. The molecule has 0 amide bonds. The maximum absolute atomic E-state index is 10.6. The minimum atomic E-state index is -1.08. The number of aromatic nitrogens is 1. The molecule has 1 aliphatic heterocycles. The third-order valence-corrected chi connectivity index (χ3v) is 5.01. The van der Waals surface area contributed by atoms with Crippen LogP contribution in [-0.4, -0.2) is 24.0 Å². The van der Waals surface area contributed by atoms with Crippen LogP contribution in [0.25, 0.3) is 10.6 Å². The molecule has 2 heterocycles. The summed E-state index contributed by atoms with van der Waals surface area (Å²) in [5.74, 6) is -1.08. The topological polar surface area (TPSA) is 57.5 Å². The second-order valence-electron chi connectivity index (χ2n) is 5.88. The highest BCUT2D eigenvalue weighted by Gasteiger charge is 2.14. The molecule has 5 heteroatoms. The maximum Gasteiger partial charge on any atom is 0.123 e. The van der Waals surface area contributed by atoms with Gasteiger partial charge in [-0.3, -0.25) is 0 Å². The van der Waals surface area contributed by atoms with E-state index in [9.17, 15) is 9.90 Å². The number of likely N-dealkylation sites (tertiary alicyclic amines) is 1. The first kappa shape index (κ1) is 15.2. The molecule has 116 valence electrons. The molecular weight excluding hydrogens is 296 g/mol. The van der Waals surface area contributed by atoms with Gasteiger partial charge in [-0.05, 0) is 25.3 Å². The van der Waals surface area contributed by atoms with Gasteiger partial charge in [-0.2, -0.15) is 0 Å². The number of quaternary nitrogens is 1. The number of carboxylic acid groups (broad SMARTS) is 1. The molecule has 0 radical (unpaired) electrons. The van der Waals surface area contributed by atoms with Crippen molar-refractivity contribution in [3.05, 3.63) is 40.9 Å². The Bertz CT molecular complexity index is 648. The van der Waals surface area contributed by atoms with Gasteiger partial charge in [0.25, 0.3) is 0 Å². The zero-order valence-electron chi connectivity index (χ0n) is 12.5. The van der Waals surface area contributed by atoms with Gasteiger partial charge in [-0.15, -0.1) is 11.3 Å². The molecule has 4 nitrogen and oxygen atoms in total. The van der Waals surface area contributed by atoms with Crippen LogP contribution in [0.4, 0.5) is 0 Å². The summed E-state index contributed by atoms with van der Waals surface area (Å²) in [4.78, 5) is 16.7. The number of thiazole rings is 1. The van der Waals surface area contributed by atoms with Crippen molar-refractivity contribution in [1.29, 1.82) is 0 Å². The molecule has 22 heavy (non-hydrogen) atoms. The van der Waals surface area contributed by atoms with Crippen LogP contribution in [0.15, 0.2) is 29.6 Å². The van der Waals surface area contributed by atoms with Crippen LogP contribution in [0.5, 0.6) is 0 Å². The smallest absolute Gasteiger partial charge is 0.123 e. The van der Waals surface area contributed by atoms with Crippen LogP contribution in [0, 0.1) is 0 Å². The summed E-state index contributed by atoms with van der Waals surface area (Å²) in [7, 11) is 0. The van der Waals surface area contributed by atoms with Crippen LogP contribution in [0.3, 0.4) is 0 Å². The Morgan fingerprint density at radius 1 is 1.27 bits per heavy atom. The fraction of sp³-hybridized carbons (Fsp3) is 0.412. The Labute approximate surface area is 134 Å². The fourth-order valence-electron chi connectivity index (χ4n) is 3.00. The van der Waals surface area contributed by atoms with Crippen molar-refractivity contribution in [2.45, 2.75) is 32.2 Å². The monoisotopic (exact) mass is 316 g/mol. The van der Waals surface area contributed by atoms with E-state index in [1.54, 1.807) is 10.3 Å². The molecular formula is C17H20N2O2S. The van der Waals surface area contributed by atoms with Crippen molar-refractivity contribution in [3.8, 4) is 10.6 Å². The SMILES string of the molecule is O=C([O-])Cc1csc(-c2cccc(C[NH+]3CCCCC3)c2)n1. The highest BCUT2D eigenvalue weighted by Crippen LogP contribution is 2.24. The van der Waals surface area contributed by atoms with E-state index in [0.717, 1.165) is 17.1 Å². The van der Waals surface area contributed by atoms with Gasteiger partial charge in [0.1, 0.15) is 11.6 Å². The molecule has 1 N–H and O–H groups in total. The molecule has 1 saturated heterocycles. The number of hydrogen-bond donors (Lipinski definition) is 1. The fourth-order valence-corrected chi connectivity index (χ4v) is 3.82. The van der Waals surface area contributed by atoms with Gasteiger partial charge < -0.3 is 14.8 Å². The molecule has 2 aromatic rings. The number of rotatable bonds is 5. The number of aliphatic carboxylic acids is 1. The Hall–Kier alpha value is -1.72. The van der Waals surface area contributed by atoms with Crippen molar-refractivity contribution >= 4 is 17.3 Å². The van der Waals surface area contributed by atoms with Crippen molar-refractivity contribution in [2.24, 2.45) is 0 Å². The largest absolute Gasteiger partial charge is 0.550 e. The minimum absolute atomic E-state index is 0.117. The minimum Gasteiger partial charge on any atom is -0.550 e. The predicted octanol–water partition coefficient (Wildman–Crippen LogP) is 0.671. The zero-order valence-corrected chi connectivity index (χ0v) is 13.3. The predicted molar refractivity (Wildman–Crippen MR) is 84.5 cm³/mol. The van der Waals surface area contributed by atoms with E-state index in [-0.39, 0.29) is 6.42 Å². The summed E-state index contributed by atoms with van der Waals surface area (Å²) in [5.41, 5.74) is 2.97. The second-order valence-corrected chi connectivity index (χ2v) is 6.74. The molecule has 0 atom stereocenters. The van der Waals surface area contributed by atoms with Gasteiger partial charge in [0.05, 0.1) is 18.8 Å². The standard InChI is InChI=1S/C17H20N2O2S/c20-16(21)10-15-12-22-17(18-15)14-6-4-5-13(9-14)11-19-7-2-1-3-8-19/h4-6,9,12H,1-3,7-8,10-11H2,(H,20,21). The van der Waals surface area contributed by atoms with Crippen LogP contribution in [0.1, 0.15) is 30.5 Å². The summed E-state index contributed by atoms with van der Waals surface area (Å²) in [6.07, 6.45) is 3.90. The Balaban J connectivity index is 1.72. The number of carbonyl (C=O) groups excluding carboxylic acids is 1. The zero-order chi connectivity index (χ0) is 15.4. The summed E-state index contributed by atoms with van der Waals surface area (Å²) in [6, 6.07) is 8.45. The number of carboxylic acids is 1. The first-order valence-corrected chi connectivity index (χ1v) is 8.66. The third kappa shape index (κ3) is 3.93. The number of hydrogen-bond acceptors (Lipinski definition) is 4. The van der Waals surface area contributed by atoms with Gasteiger partial charge >= 0.3 is 0 Å². The summed E-state index contributed by atoms with van der Waals surface area (Å²) in [5, 5.41) is 13.3. The van der Waals surface area contributed by atoms with E-state index in [1.165, 1.54) is 49.3 Å². The lowest BCUT2D eigenvalue weighted by atomic mass is 10.1. The third-order valence-electron chi connectivity index (χ3n) is 4.07. The van der Waals surface area contributed by atoms with Gasteiger partial charge in [0.2, 0.25) is 0 Å². The van der Waals surface area contributed by atoms with Crippen LogP contribution in [0.2, 0.25) is 0 Å². The van der Waals surface area contributed by atoms with Crippen molar-refractivity contribution in [3.63, 3.8) is 0 Å². The molecule has 3 rings (SSSR count). The van der Waals surface area contributed by atoms with Gasteiger partial charge in [0, 0.05) is 28.9 Å². The lowest BCUT2D eigenvalue weighted by Gasteiger charge is -2.23. The number of benzene rings is 1. The Morgan fingerprint density at radius 3 is 2.86 bits per heavy atom.